The second-order valence-electron chi connectivity index (χ2n) is 3.61. The van der Waals surface area contributed by atoms with Crippen LogP contribution >= 0.6 is 22.9 Å². The highest BCUT2D eigenvalue weighted by molar-refractivity contribution is 7.13. The van der Waals surface area contributed by atoms with Crippen LogP contribution in [-0.4, -0.2) is 12.9 Å². The number of rotatable bonds is 3. The summed E-state index contributed by atoms with van der Waals surface area (Å²) in [4.78, 5) is 12.7. The van der Waals surface area contributed by atoms with Gasteiger partial charge in [0.2, 0.25) is 5.78 Å². The van der Waals surface area contributed by atoms with Crippen LogP contribution in [0.25, 0.3) is 0 Å². The minimum Gasteiger partial charge on any atom is -0.496 e. The average Bonchev–Trinajstić information content (AvgIpc) is 2.75. The molecule has 2 rings (SSSR count). The summed E-state index contributed by atoms with van der Waals surface area (Å²) in [6.45, 7) is 1.94. The molecule has 2 nitrogen and oxygen atoms in total. The largest absolute Gasteiger partial charge is 0.496 e. The van der Waals surface area contributed by atoms with Crippen molar-refractivity contribution in [1.29, 1.82) is 0 Å². The molecule has 88 valence electrons. The molecule has 0 aliphatic rings. The Morgan fingerprint density at radius 2 is 2.12 bits per heavy atom. The summed E-state index contributed by atoms with van der Waals surface area (Å²) in [5.74, 6) is 0.645. The van der Waals surface area contributed by atoms with Gasteiger partial charge in [-0.05, 0) is 30.0 Å². The van der Waals surface area contributed by atoms with E-state index < -0.39 is 0 Å². The number of carbonyl (C=O) groups is 1. The Balaban J connectivity index is 2.41. The first-order chi connectivity index (χ1) is 8.13. The topological polar surface area (TPSA) is 26.3 Å². The molecular weight excluding hydrogens is 256 g/mol. The second-order valence-corrected chi connectivity index (χ2v) is 4.93. The normalized spacial score (nSPS) is 10.3. The highest BCUT2D eigenvalue weighted by Crippen LogP contribution is 2.27. The van der Waals surface area contributed by atoms with Gasteiger partial charge in [0.05, 0.1) is 17.0 Å². The second kappa shape index (κ2) is 4.90. The van der Waals surface area contributed by atoms with Crippen molar-refractivity contribution in [2.45, 2.75) is 6.92 Å². The standard InChI is InChI=1S/C13H11ClO2S/c1-8-3-4-9(7-11(8)16-2)12(15)13-10(14)5-6-17-13/h3-7H,1-2H3. The molecule has 0 spiro atoms. The van der Waals surface area contributed by atoms with Crippen LogP contribution in [0.1, 0.15) is 20.8 Å². The van der Waals surface area contributed by atoms with E-state index in [2.05, 4.69) is 0 Å². The number of hydrogen-bond donors (Lipinski definition) is 0. The van der Waals surface area contributed by atoms with Crippen molar-refractivity contribution in [2.75, 3.05) is 7.11 Å². The fraction of sp³-hybridized carbons (Fsp3) is 0.154. The van der Waals surface area contributed by atoms with Gasteiger partial charge < -0.3 is 4.74 Å². The van der Waals surface area contributed by atoms with Gasteiger partial charge in [-0.2, -0.15) is 0 Å². The van der Waals surface area contributed by atoms with E-state index >= 15 is 0 Å². The van der Waals surface area contributed by atoms with Gasteiger partial charge in [0, 0.05) is 5.56 Å². The molecule has 0 saturated heterocycles. The van der Waals surface area contributed by atoms with Gasteiger partial charge in [0.15, 0.2) is 0 Å². The lowest BCUT2D eigenvalue weighted by molar-refractivity contribution is 0.104. The van der Waals surface area contributed by atoms with Crippen LogP contribution in [0, 0.1) is 6.92 Å². The van der Waals surface area contributed by atoms with Crippen molar-refractivity contribution in [3.63, 3.8) is 0 Å². The maximum Gasteiger partial charge on any atom is 0.204 e. The first-order valence-corrected chi connectivity index (χ1v) is 6.31. The molecule has 1 aromatic heterocycles. The lowest BCUT2D eigenvalue weighted by Crippen LogP contribution is -2.00. The molecule has 17 heavy (non-hydrogen) atoms. The summed E-state index contributed by atoms with van der Waals surface area (Å²) in [7, 11) is 1.59. The summed E-state index contributed by atoms with van der Waals surface area (Å²) >= 11 is 7.30. The minimum atomic E-state index is -0.0664. The molecule has 0 radical (unpaired) electrons. The molecule has 0 aliphatic carbocycles. The van der Waals surface area contributed by atoms with Crippen molar-refractivity contribution < 1.29 is 9.53 Å². The van der Waals surface area contributed by atoms with Crippen LogP contribution < -0.4 is 4.74 Å². The molecule has 1 heterocycles. The molecule has 0 saturated carbocycles. The Labute approximate surface area is 109 Å². The third-order valence-corrected chi connectivity index (χ3v) is 3.83. The Morgan fingerprint density at radius 3 is 2.71 bits per heavy atom. The zero-order valence-corrected chi connectivity index (χ0v) is 11.1. The van der Waals surface area contributed by atoms with Crippen LogP contribution in [0.3, 0.4) is 0 Å². The smallest absolute Gasteiger partial charge is 0.204 e. The highest BCUT2D eigenvalue weighted by atomic mass is 35.5. The number of ketones is 1. The third kappa shape index (κ3) is 2.35. The van der Waals surface area contributed by atoms with Crippen LogP contribution in [0.2, 0.25) is 5.02 Å². The first-order valence-electron chi connectivity index (χ1n) is 5.06. The number of hydrogen-bond acceptors (Lipinski definition) is 3. The number of carbonyl (C=O) groups excluding carboxylic acids is 1. The molecule has 0 unspecified atom stereocenters. The number of halogens is 1. The molecule has 0 bridgehead atoms. The molecule has 0 fully saturated rings. The molecule has 2 aromatic rings. The number of thiophene rings is 1. The monoisotopic (exact) mass is 266 g/mol. The number of methoxy groups -OCH3 is 1. The molecule has 0 N–H and O–H groups in total. The van der Waals surface area contributed by atoms with Gasteiger partial charge in [0.1, 0.15) is 5.75 Å². The van der Waals surface area contributed by atoms with Crippen LogP contribution in [0.4, 0.5) is 0 Å². The van der Waals surface area contributed by atoms with E-state index in [-0.39, 0.29) is 5.78 Å². The minimum absolute atomic E-state index is 0.0664. The molecule has 1 aromatic carbocycles. The molecule has 0 atom stereocenters. The Kier molecular flexibility index (Phi) is 3.50. The quantitative estimate of drug-likeness (QED) is 0.787. The summed E-state index contributed by atoms with van der Waals surface area (Å²) < 4.78 is 5.20. The zero-order valence-electron chi connectivity index (χ0n) is 9.49. The molecule has 0 amide bonds. The predicted molar refractivity (Wildman–Crippen MR) is 70.5 cm³/mol. The lowest BCUT2D eigenvalue weighted by atomic mass is 10.1. The number of ether oxygens (including phenoxy) is 1. The van der Waals surface area contributed by atoms with Gasteiger partial charge in [-0.25, -0.2) is 0 Å². The Bertz CT molecular complexity index is 560. The zero-order chi connectivity index (χ0) is 12.4. The summed E-state index contributed by atoms with van der Waals surface area (Å²) in [6, 6.07) is 7.13. The van der Waals surface area contributed by atoms with Gasteiger partial charge in [-0.15, -0.1) is 11.3 Å². The van der Waals surface area contributed by atoms with Crippen molar-refractivity contribution in [3.8, 4) is 5.75 Å². The van der Waals surface area contributed by atoms with Crippen molar-refractivity contribution >= 4 is 28.7 Å². The maximum absolute atomic E-state index is 12.2. The van der Waals surface area contributed by atoms with E-state index in [1.807, 2.05) is 13.0 Å². The van der Waals surface area contributed by atoms with E-state index in [0.717, 1.165) is 5.56 Å². The number of benzene rings is 1. The molecular formula is C13H11ClO2S. The van der Waals surface area contributed by atoms with Crippen molar-refractivity contribution in [1.82, 2.24) is 0 Å². The molecule has 4 heteroatoms. The van der Waals surface area contributed by atoms with Gasteiger partial charge in [-0.1, -0.05) is 23.7 Å². The van der Waals surface area contributed by atoms with Crippen molar-refractivity contribution in [2.24, 2.45) is 0 Å². The third-order valence-electron chi connectivity index (χ3n) is 2.49. The average molecular weight is 267 g/mol. The van der Waals surface area contributed by atoms with Gasteiger partial charge in [-0.3, -0.25) is 4.79 Å². The summed E-state index contributed by atoms with van der Waals surface area (Å²) in [6.07, 6.45) is 0. The Morgan fingerprint density at radius 1 is 1.35 bits per heavy atom. The van der Waals surface area contributed by atoms with Crippen molar-refractivity contribution in [3.05, 3.63) is 50.7 Å². The lowest BCUT2D eigenvalue weighted by Gasteiger charge is -2.06. The van der Waals surface area contributed by atoms with Crippen LogP contribution in [0.5, 0.6) is 5.75 Å². The van der Waals surface area contributed by atoms with Gasteiger partial charge in [0.25, 0.3) is 0 Å². The fourth-order valence-corrected chi connectivity index (χ4v) is 2.65. The highest BCUT2D eigenvalue weighted by Gasteiger charge is 2.15. The van der Waals surface area contributed by atoms with E-state index in [1.54, 1.807) is 30.7 Å². The van der Waals surface area contributed by atoms with Gasteiger partial charge >= 0.3 is 0 Å². The maximum atomic E-state index is 12.2. The Hall–Kier alpha value is -1.32. The van der Waals surface area contributed by atoms with Crippen LogP contribution in [0.15, 0.2) is 29.6 Å². The fourth-order valence-electron chi connectivity index (χ4n) is 1.55. The number of aryl methyl sites for hydroxylation is 1. The summed E-state index contributed by atoms with van der Waals surface area (Å²) in [5, 5.41) is 2.31. The van der Waals surface area contributed by atoms with E-state index in [0.29, 0.717) is 21.2 Å². The van der Waals surface area contributed by atoms with Crippen LogP contribution in [-0.2, 0) is 0 Å². The van der Waals surface area contributed by atoms with E-state index in [9.17, 15) is 4.79 Å². The van der Waals surface area contributed by atoms with E-state index in [1.165, 1.54) is 11.3 Å². The first kappa shape index (κ1) is 12.1. The SMILES string of the molecule is COc1cc(C(=O)c2sccc2Cl)ccc1C. The van der Waals surface area contributed by atoms with E-state index in [4.69, 9.17) is 16.3 Å². The predicted octanol–water partition coefficient (Wildman–Crippen LogP) is 3.95. The molecule has 0 aliphatic heterocycles. The summed E-state index contributed by atoms with van der Waals surface area (Å²) in [5.41, 5.74) is 1.60.